The van der Waals surface area contributed by atoms with E-state index in [1.807, 2.05) is 6.07 Å². The molecule has 1 aromatic carbocycles. The second-order valence-electron chi connectivity index (χ2n) is 3.87. The van der Waals surface area contributed by atoms with E-state index in [-0.39, 0.29) is 10.6 Å². The number of methoxy groups -OCH3 is 1. The van der Waals surface area contributed by atoms with Gasteiger partial charge in [0, 0.05) is 0 Å². The first-order chi connectivity index (χ1) is 9.58. The van der Waals surface area contributed by atoms with Crippen LogP contribution in [0, 0.1) is 11.3 Å². The maximum Gasteiger partial charge on any atom is 0.275 e. The van der Waals surface area contributed by atoms with Gasteiger partial charge in [-0.05, 0) is 23.1 Å². The lowest BCUT2D eigenvalue weighted by Gasteiger charge is -2.10. The number of ether oxygens (including phenoxy) is 1. The number of hydrogen-bond acceptors (Lipinski definition) is 5. The lowest BCUT2D eigenvalue weighted by Crippen LogP contribution is -2.13. The van der Waals surface area contributed by atoms with Crippen molar-refractivity contribution < 1.29 is 13.2 Å². The summed E-state index contributed by atoms with van der Waals surface area (Å²) in [6, 6.07) is 10.4. The predicted octanol–water partition coefficient (Wildman–Crippen LogP) is 2.62. The van der Waals surface area contributed by atoms with Crippen molar-refractivity contribution in [2.45, 2.75) is 10.6 Å². The number of thiophene rings is 1. The molecule has 104 valence electrons. The van der Waals surface area contributed by atoms with Gasteiger partial charge in [-0.25, -0.2) is 8.42 Å². The summed E-state index contributed by atoms with van der Waals surface area (Å²) in [6.45, 7) is 0. The van der Waals surface area contributed by atoms with E-state index in [2.05, 4.69) is 4.72 Å². The molecule has 1 aromatic heterocycles. The lowest BCUT2D eigenvalue weighted by atomic mass is 10.1. The maximum atomic E-state index is 12.3. The highest BCUT2D eigenvalue weighted by atomic mass is 32.2. The largest absolute Gasteiger partial charge is 0.494 e. The average molecular weight is 308 g/mol. The number of anilines is 1. The van der Waals surface area contributed by atoms with E-state index in [1.165, 1.54) is 7.11 Å². The Kier molecular flexibility index (Phi) is 4.27. The van der Waals surface area contributed by atoms with Crippen LogP contribution in [-0.4, -0.2) is 15.5 Å². The van der Waals surface area contributed by atoms with Crippen molar-refractivity contribution in [2.75, 3.05) is 11.8 Å². The van der Waals surface area contributed by atoms with Crippen LogP contribution in [0.3, 0.4) is 0 Å². The lowest BCUT2D eigenvalue weighted by molar-refractivity contribution is 0.406. The molecule has 0 aliphatic carbocycles. The van der Waals surface area contributed by atoms with Gasteiger partial charge in [-0.1, -0.05) is 18.2 Å². The molecule has 0 saturated carbocycles. The van der Waals surface area contributed by atoms with Crippen LogP contribution in [-0.2, 0) is 16.4 Å². The SMILES string of the molecule is COc1ccsc1S(=O)(=O)Nc1ccccc1CC#N. The third-order valence-electron chi connectivity index (χ3n) is 2.59. The van der Waals surface area contributed by atoms with Gasteiger partial charge in [-0.2, -0.15) is 5.26 Å². The van der Waals surface area contributed by atoms with Crippen LogP contribution < -0.4 is 9.46 Å². The second-order valence-corrected chi connectivity index (χ2v) is 6.67. The summed E-state index contributed by atoms with van der Waals surface area (Å²) in [7, 11) is -2.30. The second kappa shape index (κ2) is 5.94. The molecule has 0 aliphatic heterocycles. The molecule has 0 saturated heterocycles. The fraction of sp³-hybridized carbons (Fsp3) is 0.154. The van der Waals surface area contributed by atoms with E-state index in [1.54, 1.807) is 35.7 Å². The van der Waals surface area contributed by atoms with Crippen molar-refractivity contribution in [2.24, 2.45) is 0 Å². The van der Waals surface area contributed by atoms with Crippen LogP contribution in [0.15, 0.2) is 39.9 Å². The number of rotatable bonds is 5. The van der Waals surface area contributed by atoms with Crippen molar-refractivity contribution in [3.8, 4) is 11.8 Å². The first-order valence-electron chi connectivity index (χ1n) is 5.67. The Morgan fingerprint density at radius 3 is 2.80 bits per heavy atom. The highest BCUT2D eigenvalue weighted by Gasteiger charge is 2.22. The van der Waals surface area contributed by atoms with E-state index < -0.39 is 10.0 Å². The fourth-order valence-electron chi connectivity index (χ4n) is 1.68. The standard InChI is InChI=1S/C13H12N2O3S2/c1-18-12-7-9-19-13(12)20(16,17)15-11-5-3-2-4-10(11)6-8-14/h2-5,7,9,15H,6H2,1H3. The molecule has 1 N–H and O–H groups in total. The van der Waals surface area contributed by atoms with Gasteiger partial charge in [-0.15, -0.1) is 11.3 Å². The smallest absolute Gasteiger partial charge is 0.275 e. The van der Waals surface area contributed by atoms with Gasteiger partial charge in [0.15, 0.2) is 4.21 Å². The Morgan fingerprint density at radius 1 is 1.35 bits per heavy atom. The van der Waals surface area contributed by atoms with E-state index in [9.17, 15) is 8.42 Å². The van der Waals surface area contributed by atoms with Crippen LogP contribution in [0.25, 0.3) is 0 Å². The minimum absolute atomic E-state index is 0.117. The highest BCUT2D eigenvalue weighted by Crippen LogP contribution is 2.31. The summed E-state index contributed by atoms with van der Waals surface area (Å²) in [4.78, 5) is 0. The summed E-state index contributed by atoms with van der Waals surface area (Å²) in [5.74, 6) is 0.306. The fourth-order valence-corrected chi connectivity index (χ4v) is 4.06. The molecule has 0 radical (unpaired) electrons. The number of nitriles is 1. The first-order valence-corrected chi connectivity index (χ1v) is 8.04. The van der Waals surface area contributed by atoms with Crippen molar-refractivity contribution in [1.82, 2.24) is 0 Å². The zero-order valence-corrected chi connectivity index (χ0v) is 12.3. The molecular formula is C13H12N2O3S2. The first kappa shape index (κ1) is 14.4. The van der Waals surface area contributed by atoms with Gasteiger partial charge in [0.1, 0.15) is 5.75 Å². The molecule has 2 rings (SSSR count). The Balaban J connectivity index is 2.37. The minimum atomic E-state index is -3.72. The van der Waals surface area contributed by atoms with Gasteiger partial charge in [-0.3, -0.25) is 4.72 Å². The molecule has 0 aliphatic rings. The third kappa shape index (κ3) is 2.92. The molecule has 0 amide bonds. The highest BCUT2D eigenvalue weighted by molar-refractivity contribution is 7.94. The van der Waals surface area contributed by atoms with E-state index in [0.717, 1.165) is 11.3 Å². The summed E-state index contributed by atoms with van der Waals surface area (Å²) < 4.78 is 32.3. The monoisotopic (exact) mass is 308 g/mol. The van der Waals surface area contributed by atoms with E-state index in [0.29, 0.717) is 17.0 Å². The molecule has 0 spiro atoms. The number of nitrogens with zero attached hydrogens (tertiary/aromatic N) is 1. The number of nitrogens with one attached hydrogen (secondary N) is 1. The molecule has 0 atom stereocenters. The van der Waals surface area contributed by atoms with Crippen molar-refractivity contribution in [3.63, 3.8) is 0 Å². The van der Waals surface area contributed by atoms with Crippen LogP contribution in [0.2, 0.25) is 0 Å². The minimum Gasteiger partial charge on any atom is -0.494 e. The van der Waals surface area contributed by atoms with Gasteiger partial charge in [0.2, 0.25) is 0 Å². The molecule has 0 bridgehead atoms. The molecule has 5 nitrogen and oxygen atoms in total. The zero-order chi connectivity index (χ0) is 14.6. The van der Waals surface area contributed by atoms with Crippen molar-refractivity contribution >= 4 is 27.0 Å². The Labute approximate surface area is 121 Å². The van der Waals surface area contributed by atoms with Crippen LogP contribution in [0.5, 0.6) is 5.75 Å². The quantitative estimate of drug-likeness (QED) is 0.921. The molecular weight excluding hydrogens is 296 g/mol. The van der Waals surface area contributed by atoms with Crippen LogP contribution in [0.1, 0.15) is 5.56 Å². The Bertz CT molecular complexity index is 745. The van der Waals surface area contributed by atoms with Crippen molar-refractivity contribution in [3.05, 3.63) is 41.3 Å². The molecule has 1 heterocycles. The molecule has 0 unspecified atom stereocenters. The summed E-state index contributed by atoms with van der Waals surface area (Å²) in [5.41, 5.74) is 1.04. The van der Waals surface area contributed by atoms with Gasteiger partial charge < -0.3 is 4.74 Å². The predicted molar refractivity (Wildman–Crippen MR) is 77.4 cm³/mol. The number of para-hydroxylation sites is 1. The van der Waals surface area contributed by atoms with Gasteiger partial charge in [0.05, 0.1) is 25.3 Å². The van der Waals surface area contributed by atoms with E-state index in [4.69, 9.17) is 10.00 Å². The number of sulfonamides is 1. The Hall–Kier alpha value is -2.04. The summed E-state index contributed by atoms with van der Waals surface area (Å²) in [5, 5.41) is 10.4. The zero-order valence-electron chi connectivity index (χ0n) is 10.7. The summed E-state index contributed by atoms with van der Waals surface area (Å²) in [6.07, 6.45) is 0.139. The Morgan fingerprint density at radius 2 is 2.10 bits per heavy atom. The number of benzene rings is 1. The molecule has 20 heavy (non-hydrogen) atoms. The maximum absolute atomic E-state index is 12.3. The molecule has 7 heteroatoms. The third-order valence-corrected chi connectivity index (χ3v) is 5.40. The van der Waals surface area contributed by atoms with E-state index >= 15 is 0 Å². The molecule has 0 fully saturated rings. The topological polar surface area (TPSA) is 79.2 Å². The van der Waals surface area contributed by atoms with Gasteiger partial charge in [0.25, 0.3) is 10.0 Å². The summed E-state index contributed by atoms with van der Waals surface area (Å²) >= 11 is 1.08. The average Bonchev–Trinajstić information content (AvgIpc) is 2.90. The van der Waals surface area contributed by atoms with Gasteiger partial charge >= 0.3 is 0 Å². The number of hydrogen-bond donors (Lipinski definition) is 1. The van der Waals surface area contributed by atoms with Crippen molar-refractivity contribution in [1.29, 1.82) is 5.26 Å². The normalized spacial score (nSPS) is 10.8. The van der Waals surface area contributed by atoms with Crippen LogP contribution >= 0.6 is 11.3 Å². The molecule has 2 aromatic rings. The van der Waals surface area contributed by atoms with Crippen LogP contribution in [0.4, 0.5) is 5.69 Å².